The van der Waals surface area contributed by atoms with Gasteiger partial charge in [0.05, 0.1) is 6.10 Å². The number of hydrogen-bond acceptors (Lipinski definition) is 3. The molecule has 1 atom stereocenters. The Morgan fingerprint density at radius 3 is 3.00 bits per heavy atom. The summed E-state index contributed by atoms with van der Waals surface area (Å²) in [6.45, 7) is 4.63. The van der Waals surface area contributed by atoms with Crippen LogP contribution in [-0.4, -0.2) is 50.3 Å². The monoisotopic (exact) mass is 215 g/mol. The third kappa shape index (κ3) is 4.18. The summed E-state index contributed by atoms with van der Waals surface area (Å²) < 4.78 is 10.5. The zero-order valence-corrected chi connectivity index (χ0v) is 9.70. The van der Waals surface area contributed by atoms with Crippen molar-refractivity contribution >= 4 is 5.91 Å². The van der Waals surface area contributed by atoms with Gasteiger partial charge in [0.2, 0.25) is 5.91 Å². The molecule has 0 saturated carbocycles. The molecule has 0 aliphatic carbocycles. The molecule has 0 N–H and O–H groups in total. The van der Waals surface area contributed by atoms with Crippen molar-refractivity contribution in [2.45, 2.75) is 32.3 Å². The Hall–Kier alpha value is -0.610. The molecule has 0 spiro atoms. The molecule has 1 rings (SSSR count). The summed E-state index contributed by atoms with van der Waals surface area (Å²) in [4.78, 5) is 13.4. The fourth-order valence-corrected chi connectivity index (χ4v) is 1.80. The van der Waals surface area contributed by atoms with Crippen molar-refractivity contribution in [3.8, 4) is 0 Å². The number of ether oxygens (including phenoxy) is 2. The lowest BCUT2D eigenvalue weighted by Gasteiger charge is -2.32. The molecule has 1 heterocycles. The maximum absolute atomic E-state index is 11.6. The van der Waals surface area contributed by atoms with E-state index in [0.717, 1.165) is 39.0 Å². The topological polar surface area (TPSA) is 38.8 Å². The van der Waals surface area contributed by atoms with E-state index in [4.69, 9.17) is 9.47 Å². The summed E-state index contributed by atoms with van der Waals surface area (Å²) >= 11 is 0. The first-order valence-corrected chi connectivity index (χ1v) is 5.66. The fraction of sp³-hybridized carbons (Fsp3) is 0.909. The molecule has 0 bridgehead atoms. The first-order valence-electron chi connectivity index (χ1n) is 5.66. The van der Waals surface area contributed by atoms with Crippen molar-refractivity contribution < 1.29 is 14.3 Å². The molecule has 0 aromatic rings. The molecule has 88 valence electrons. The van der Waals surface area contributed by atoms with Crippen molar-refractivity contribution in [3.63, 3.8) is 0 Å². The number of methoxy groups -OCH3 is 1. The Bertz CT molecular complexity index is 196. The van der Waals surface area contributed by atoms with Crippen LogP contribution in [0.25, 0.3) is 0 Å². The zero-order chi connectivity index (χ0) is 11.1. The van der Waals surface area contributed by atoms with Crippen molar-refractivity contribution in [1.82, 2.24) is 4.90 Å². The van der Waals surface area contributed by atoms with E-state index >= 15 is 0 Å². The third-order valence-corrected chi connectivity index (χ3v) is 2.56. The van der Waals surface area contributed by atoms with Gasteiger partial charge < -0.3 is 14.4 Å². The number of carbonyl (C=O) groups is 1. The summed E-state index contributed by atoms with van der Waals surface area (Å²) in [6, 6.07) is 0. The van der Waals surface area contributed by atoms with E-state index in [2.05, 4.69) is 6.92 Å². The molecule has 1 fully saturated rings. The van der Waals surface area contributed by atoms with Crippen LogP contribution >= 0.6 is 0 Å². The normalized spacial score (nSPS) is 21.7. The molecular formula is C11H21NO3. The Morgan fingerprint density at radius 1 is 1.53 bits per heavy atom. The molecular weight excluding hydrogens is 194 g/mol. The zero-order valence-electron chi connectivity index (χ0n) is 9.70. The van der Waals surface area contributed by atoms with Gasteiger partial charge >= 0.3 is 0 Å². The van der Waals surface area contributed by atoms with Gasteiger partial charge in [0, 0.05) is 26.8 Å². The predicted molar refractivity (Wildman–Crippen MR) is 57.7 cm³/mol. The van der Waals surface area contributed by atoms with Crippen LogP contribution in [-0.2, 0) is 14.3 Å². The summed E-state index contributed by atoms with van der Waals surface area (Å²) in [7, 11) is 1.55. The molecule has 4 nitrogen and oxygen atoms in total. The van der Waals surface area contributed by atoms with Gasteiger partial charge in [0.1, 0.15) is 6.61 Å². The highest BCUT2D eigenvalue weighted by Crippen LogP contribution is 2.13. The lowest BCUT2D eigenvalue weighted by atomic mass is 10.1. The minimum Gasteiger partial charge on any atom is -0.376 e. The molecule has 1 saturated heterocycles. The number of piperidine rings is 1. The van der Waals surface area contributed by atoms with Crippen LogP contribution in [0, 0.1) is 0 Å². The van der Waals surface area contributed by atoms with Crippen LogP contribution in [0.1, 0.15) is 26.2 Å². The van der Waals surface area contributed by atoms with E-state index in [-0.39, 0.29) is 18.6 Å². The van der Waals surface area contributed by atoms with Gasteiger partial charge in [-0.15, -0.1) is 0 Å². The van der Waals surface area contributed by atoms with Gasteiger partial charge in [-0.1, -0.05) is 6.92 Å². The number of nitrogens with zero attached hydrogens (tertiary/aromatic N) is 1. The number of rotatable bonds is 5. The van der Waals surface area contributed by atoms with E-state index in [1.54, 1.807) is 7.11 Å². The predicted octanol–water partition coefficient (Wildman–Crippen LogP) is 1.05. The standard InChI is InChI=1S/C11H21NO3/c1-3-7-15-10-5-4-6-12(8-10)11(13)9-14-2/h10H,3-9H2,1-2H3. The maximum atomic E-state index is 11.6. The van der Waals surface area contributed by atoms with E-state index in [9.17, 15) is 4.79 Å². The van der Waals surface area contributed by atoms with Gasteiger partial charge in [-0.2, -0.15) is 0 Å². The third-order valence-electron chi connectivity index (χ3n) is 2.56. The van der Waals surface area contributed by atoms with Gasteiger partial charge in [-0.25, -0.2) is 0 Å². The van der Waals surface area contributed by atoms with Crippen molar-refractivity contribution in [2.75, 3.05) is 33.4 Å². The molecule has 15 heavy (non-hydrogen) atoms. The van der Waals surface area contributed by atoms with E-state index < -0.39 is 0 Å². The first kappa shape index (κ1) is 12.5. The second kappa shape index (κ2) is 6.80. The van der Waals surface area contributed by atoms with Crippen LogP contribution in [0.4, 0.5) is 0 Å². The number of carbonyl (C=O) groups excluding carboxylic acids is 1. The van der Waals surface area contributed by atoms with Crippen molar-refractivity contribution in [3.05, 3.63) is 0 Å². The van der Waals surface area contributed by atoms with Crippen LogP contribution < -0.4 is 0 Å². The average Bonchev–Trinajstić information content (AvgIpc) is 2.27. The average molecular weight is 215 g/mol. The SMILES string of the molecule is CCCOC1CCCN(C(=O)COC)C1. The van der Waals surface area contributed by atoms with Crippen molar-refractivity contribution in [2.24, 2.45) is 0 Å². The largest absolute Gasteiger partial charge is 0.376 e. The second-order valence-electron chi connectivity index (χ2n) is 3.91. The highest BCUT2D eigenvalue weighted by molar-refractivity contribution is 5.77. The van der Waals surface area contributed by atoms with Crippen LogP contribution in [0.15, 0.2) is 0 Å². The lowest BCUT2D eigenvalue weighted by Crippen LogP contribution is -2.44. The highest BCUT2D eigenvalue weighted by Gasteiger charge is 2.23. The van der Waals surface area contributed by atoms with E-state index in [0.29, 0.717) is 0 Å². The van der Waals surface area contributed by atoms with Gasteiger partial charge in [-0.05, 0) is 19.3 Å². The fourth-order valence-electron chi connectivity index (χ4n) is 1.80. The van der Waals surface area contributed by atoms with Gasteiger partial charge in [0.25, 0.3) is 0 Å². The summed E-state index contributed by atoms with van der Waals surface area (Å²) in [5.74, 6) is 0.0716. The van der Waals surface area contributed by atoms with Gasteiger partial charge in [-0.3, -0.25) is 4.79 Å². The highest BCUT2D eigenvalue weighted by atomic mass is 16.5. The molecule has 1 unspecified atom stereocenters. The van der Waals surface area contributed by atoms with Gasteiger partial charge in [0.15, 0.2) is 0 Å². The Kier molecular flexibility index (Phi) is 5.65. The quantitative estimate of drug-likeness (QED) is 0.688. The molecule has 1 amide bonds. The number of likely N-dealkylation sites (tertiary alicyclic amines) is 1. The Morgan fingerprint density at radius 2 is 2.33 bits per heavy atom. The van der Waals surface area contributed by atoms with Crippen LogP contribution in [0.3, 0.4) is 0 Å². The summed E-state index contributed by atoms with van der Waals surface area (Å²) in [5, 5.41) is 0. The minimum absolute atomic E-state index is 0.0716. The number of amides is 1. The smallest absolute Gasteiger partial charge is 0.248 e. The second-order valence-corrected chi connectivity index (χ2v) is 3.91. The molecule has 1 aliphatic heterocycles. The summed E-state index contributed by atoms with van der Waals surface area (Å²) in [6.07, 6.45) is 3.35. The molecule has 4 heteroatoms. The van der Waals surface area contributed by atoms with E-state index in [1.807, 2.05) is 4.90 Å². The van der Waals surface area contributed by atoms with E-state index in [1.165, 1.54) is 0 Å². The molecule has 0 aromatic carbocycles. The summed E-state index contributed by atoms with van der Waals surface area (Å²) in [5.41, 5.74) is 0. The first-order chi connectivity index (χ1) is 7.27. The van der Waals surface area contributed by atoms with Crippen molar-refractivity contribution in [1.29, 1.82) is 0 Å². The maximum Gasteiger partial charge on any atom is 0.248 e. The molecule has 1 aliphatic rings. The van der Waals surface area contributed by atoms with Crippen LogP contribution in [0.5, 0.6) is 0 Å². The molecule has 0 aromatic heterocycles. The Balaban J connectivity index is 2.31. The minimum atomic E-state index is 0.0716. The Labute approximate surface area is 91.5 Å². The number of hydrogen-bond donors (Lipinski definition) is 0. The van der Waals surface area contributed by atoms with Crippen LogP contribution in [0.2, 0.25) is 0 Å². The molecule has 0 radical (unpaired) electrons. The lowest BCUT2D eigenvalue weighted by molar-refractivity contribution is -0.139.